The minimum atomic E-state index is 0.465. The average molecular weight is 451 g/mol. The molecule has 2 N–H and O–H groups in total. The maximum absolute atomic E-state index is 6.32. The first-order valence-corrected chi connectivity index (χ1v) is 11.4. The van der Waals surface area contributed by atoms with Crippen LogP contribution in [-0.4, -0.2) is 24.6 Å². The molecule has 4 aromatic rings. The van der Waals surface area contributed by atoms with Gasteiger partial charge in [0.25, 0.3) is 0 Å². The molecule has 0 bridgehead atoms. The standard InChI is InChI=1S/C18H16Cl2N6S2/c1-8-2-3-10-12(4-8)28-17-14(10)15(21)22-13(23-17)7-27-18-25-24-16-11(20)5-9(19)6-26(16)18/h5-6,8H,2-4,7H2,1H3,(H2,21,22,23). The Morgan fingerprint density at radius 1 is 1.32 bits per heavy atom. The van der Waals surface area contributed by atoms with Crippen molar-refractivity contribution in [2.24, 2.45) is 5.92 Å². The molecule has 0 aromatic carbocycles. The molecule has 10 heteroatoms. The second kappa shape index (κ2) is 7.02. The Hall–Kier alpha value is -1.61. The molecule has 0 radical (unpaired) electrons. The number of thiophene rings is 1. The van der Waals surface area contributed by atoms with Crippen LogP contribution in [0.4, 0.5) is 5.82 Å². The van der Waals surface area contributed by atoms with E-state index in [4.69, 9.17) is 33.9 Å². The summed E-state index contributed by atoms with van der Waals surface area (Å²) in [6.45, 7) is 2.30. The second-order valence-electron chi connectivity index (χ2n) is 7.03. The van der Waals surface area contributed by atoms with E-state index in [1.54, 1.807) is 28.0 Å². The Morgan fingerprint density at radius 3 is 3.04 bits per heavy atom. The van der Waals surface area contributed by atoms with E-state index in [1.807, 2.05) is 0 Å². The molecule has 0 amide bonds. The summed E-state index contributed by atoms with van der Waals surface area (Å²) in [5.74, 6) is 2.50. The first-order valence-electron chi connectivity index (χ1n) is 8.89. The van der Waals surface area contributed by atoms with Crippen LogP contribution in [0, 0.1) is 5.92 Å². The topological polar surface area (TPSA) is 82.0 Å². The molecule has 1 unspecified atom stereocenters. The molecule has 0 spiro atoms. The third-order valence-electron chi connectivity index (χ3n) is 4.95. The number of thioether (sulfide) groups is 1. The summed E-state index contributed by atoms with van der Waals surface area (Å²) in [5, 5.41) is 11.1. The predicted molar refractivity (Wildman–Crippen MR) is 116 cm³/mol. The summed E-state index contributed by atoms with van der Waals surface area (Å²) in [5.41, 5.74) is 8.24. The molecule has 0 saturated heterocycles. The van der Waals surface area contributed by atoms with E-state index >= 15 is 0 Å². The fraction of sp³-hybridized carbons (Fsp3) is 0.333. The molecule has 1 aliphatic carbocycles. The fourth-order valence-corrected chi connectivity index (χ4v) is 6.29. The van der Waals surface area contributed by atoms with Crippen LogP contribution in [0.3, 0.4) is 0 Å². The van der Waals surface area contributed by atoms with E-state index in [-0.39, 0.29) is 0 Å². The van der Waals surface area contributed by atoms with Crippen LogP contribution in [-0.2, 0) is 18.6 Å². The van der Waals surface area contributed by atoms with Gasteiger partial charge < -0.3 is 5.73 Å². The van der Waals surface area contributed by atoms with Gasteiger partial charge in [0, 0.05) is 11.1 Å². The Bertz CT molecular complexity index is 1220. The number of fused-ring (bicyclic) bond motifs is 4. The van der Waals surface area contributed by atoms with Gasteiger partial charge in [-0.05, 0) is 36.8 Å². The van der Waals surface area contributed by atoms with Gasteiger partial charge in [0.2, 0.25) is 0 Å². The van der Waals surface area contributed by atoms with Crippen LogP contribution >= 0.6 is 46.3 Å². The van der Waals surface area contributed by atoms with Crippen LogP contribution in [0.5, 0.6) is 0 Å². The van der Waals surface area contributed by atoms with E-state index < -0.39 is 0 Å². The van der Waals surface area contributed by atoms with Crippen LogP contribution in [0.1, 0.15) is 29.6 Å². The lowest BCUT2D eigenvalue weighted by Crippen LogP contribution is -2.09. The zero-order valence-corrected chi connectivity index (χ0v) is 18.1. The van der Waals surface area contributed by atoms with Gasteiger partial charge in [-0.3, -0.25) is 4.40 Å². The monoisotopic (exact) mass is 450 g/mol. The van der Waals surface area contributed by atoms with Gasteiger partial charge in [-0.25, -0.2) is 9.97 Å². The number of pyridine rings is 1. The van der Waals surface area contributed by atoms with E-state index in [0.717, 1.165) is 23.1 Å². The highest BCUT2D eigenvalue weighted by molar-refractivity contribution is 7.98. The Morgan fingerprint density at radius 2 is 2.18 bits per heavy atom. The predicted octanol–water partition coefficient (Wildman–Crippen LogP) is 5.04. The zero-order valence-electron chi connectivity index (χ0n) is 14.9. The lowest BCUT2D eigenvalue weighted by molar-refractivity contribution is 0.509. The molecule has 144 valence electrons. The van der Waals surface area contributed by atoms with Crippen molar-refractivity contribution >= 4 is 68.0 Å². The largest absolute Gasteiger partial charge is 0.383 e. The van der Waals surface area contributed by atoms with Gasteiger partial charge in [0.05, 0.1) is 21.2 Å². The van der Waals surface area contributed by atoms with E-state index in [9.17, 15) is 0 Å². The maximum atomic E-state index is 6.32. The number of aryl methyl sites for hydroxylation is 1. The van der Waals surface area contributed by atoms with Gasteiger partial charge in [0.1, 0.15) is 16.5 Å². The summed E-state index contributed by atoms with van der Waals surface area (Å²) in [6, 6.07) is 1.65. The molecule has 0 fully saturated rings. The molecular weight excluding hydrogens is 435 g/mol. The van der Waals surface area contributed by atoms with Crippen molar-refractivity contribution in [3.05, 3.63) is 38.6 Å². The van der Waals surface area contributed by atoms with Crippen molar-refractivity contribution in [2.45, 2.75) is 37.1 Å². The van der Waals surface area contributed by atoms with Gasteiger partial charge in [0.15, 0.2) is 10.8 Å². The molecule has 1 aliphatic rings. The van der Waals surface area contributed by atoms with Crippen LogP contribution in [0.15, 0.2) is 17.4 Å². The summed E-state index contributed by atoms with van der Waals surface area (Å²) < 4.78 is 1.78. The minimum absolute atomic E-state index is 0.465. The zero-order chi connectivity index (χ0) is 19.4. The first kappa shape index (κ1) is 18.4. The highest BCUT2D eigenvalue weighted by Gasteiger charge is 2.23. The summed E-state index contributed by atoms with van der Waals surface area (Å²) >= 11 is 15.5. The van der Waals surface area contributed by atoms with Crippen molar-refractivity contribution in [3.8, 4) is 0 Å². The Kier molecular flexibility index (Phi) is 4.62. The SMILES string of the molecule is CC1CCc2c(sc3nc(CSc4nnc5c(Cl)cc(Cl)cn45)nc(N)c23)C1. The van der Waals surface area contributed by atoms with Gasteiger partial charge in [-0.1, -0.05) is 41.9 Å². The van der Waals surface area contributed by atoms with Crippen molar-refractivity contribution < 1.29 is 0 Å². The Balaban J connectivity index is 1.46. The minimum Gasteiger partial charge on any atom is -0.383 e. The number of nitrogen functional groups attached to an aromatic ring is 1. The van der Waals surface area contributed by atoms with E-state index in [2.05, 4.69) is 22.1 Å². The highest BCUT2D eigenvalue weighted by Crippen LogP contribution is 2.39. The van der Waals surface area contributed by atoms with Gasteiger partial charge >= 0.3 is 0 Å². The number of halogens is 2. The maximum Gasteiger partial charge on any atom is 0.196 e. The molecule has 5 rings (SSSR count). The lowest BCUT2D eigenvalue weighted by Gasteiger charge is -2.17. The number of hydrogen-bond donors (Lipinski definition) is 1. The van der Waals surface area contributed by atoms with Crippen molar-refractivity contribution in [3.63, 3.8) is 0 Å². The third-order valence-corrected chi connectivity index (χ3v) is 7.53. The van der Waals surface area contributed by atoms with Crippen LogP contribution < -0.4 is 5.73 Å². The van der Waals surface area contributed by atoms with Gasteiger partial charge in [-0.15, -0.1) is 21.5 Å². The summed E-state index contributed by atoms with van der Waals surface area (Å²) in [6.07, 6.45) is 5.11. The van der Waals surface area contributed by atoms with E-state index in [0.29, 0.717) is 44.2 Å². The third kappa shape index (κ3) is 3.12. The second-order valence-corrected chi connectivity index (χ2v) is 9.90. The average Bonchev–Trinajstić information content (AvgIpc) is 3.20. The highest BCUT2D eigenvalue weighted by atomic mass is 35.5. The Labute approximate surface area is 179 Å². The van der Waals surface area contributed by atoms with Crippen molar-refractivity contribution in [1.82, 2.24) is 24.6 Å². The number of aromatic nitrogens is 5. The van der Waals surface area contributed by atoms with Crippen LogP contribution in [0.25, 0.3) is 15.9 Å². The van der Waals surface area contributed by atoms with Crippen molar-refractivity contribution in [1.29, 1.82) is 0 Å². The molecule has 4 aromatic heterocycles. The molecule has 0 aliphatic heterocycles. The smallest absolute Gasteiger partial charge is 0.196 e. The number of nitrogens with zero attached hydrogens (tertiary/aromatic N) is 5. The molecule has 28 heavy (non-hydrogen) atoms. The molecule has 6 nitrogen and oxygen atoms in total. The summed E-state index contributed by atoms with van der Waals surface area (Å²) in [7, 11) is 0. The summed E-state index contributed by atoms with van der Waals surface area (Å²) in [4.78, 5) is 11.7. The molecule has 1 atom stereocenters. The van der Waals surface area contributed by atoms with Gasteiger partial charge in [-0.2, -0.15) is 0 Å². The number of anilines is 1. The molecule has 4 heterocycles. The normalized spacial score (nSPS) is 16.8. The molecule has 0 saturated carbocycles. The molecular formula is C18H16Cl2N6S2. The van der Waals surface area contributed by atoms with E-state index in [1.165, 1.54) is 28.6 Å². The number of nitrogens with two attached hydrogens (primary N) is 1. The number of rotatable bonds is 3. The van der Waals surface area contributed by atoms with Crippen molar-refractivity contribution in [2.75, 3.05) is 5.73 Å². The fourth-order valence-electron chi connectivity index (χ4n) is 3.61. The van der Waals surface area contributed by atoms with Crippen LogP contribution in [0.2, 0.25) is 10.0 Å². The number of hydrogen-bond acceptors (Lipinski definition) is 7. The quantitative estimate of drug-likeness (QED) is 0.440. The first-order chi connectivity index (χ1) is 13.5. The lowest BCUT2D eigenvalue weighted by atomic mass is 9.89.